The third-order valence-electron chi connectivity index (χ3n) is 4.36. The number of anilines is 1. The van der Waals surface area contributed by atoms with Crippen molar-refractivity contribution in [3.63, 3.8) is 0 Å². The van der Waals surface area contributed by atoms with Crippen LogP contribution in [0.15, 0.2) is 33.5 Å². The fraction of sp³-hybridized carbons (Fsp3) is 0.300. The molecule has 228 valence electrons. The predicted molar refractivity (Wildman–Crippen MR) is 154 cm³/mol. The van der Waals surface area contributed by atoms with Gasteiger partial charge in [0, 0.05) is 25.6 Å². The van der Waals surface area contributed by atoms with Gasteiger partial charge in [0.25, 0.3) is 0 Å². The summed E-state index contributed by atoms with van der Waals surface area (Å²) in [5.74, 6) is -1.74. The van der Waals surface area contributed by atoms with Crippen molar-refractivity contribution in [1.82, 2.24) is 20.6 Å². The van der Waals surface area contributed by atoms with Gasteiger partial charge in [-0.25, -0.2) is 9.26 Å². The van der Waals surface area contributed by atoms with Gasteiger partial charge in [-0.05, 0) is 39.2 Å². The maximum atomic E-state index is 10.8. The van der Waals surface area contributed by atoms with Crippen LogP contribution in [0.25, 0.3) is 22.1 Å². The molecule has 2 heterocycles. The molecule has 4 aromatic rings. The topological polar surface area (TPSA) is 266 Å². The number of nitrogens with one attached hydrogen (secondary N) is 1. The summed E-state index contributed by atoms with van der Waals surface area (Å²) in [6.07, 6.45) is 1.02. The van der Waals surface area contributed by atoms with Crippen LogP contribution < -0.4 is 4.90 Å². The fourth-order valence-corrected chi connectivity index (χ4v) is 2.96. The van der Waals surface area contributed by atoms with Gasteiger partial charge in [0.2, 0.25) is 11.0 Å². The summed E-state index contributed by atoms with van der Waals surface area (Å²) >= 11 is 10.4. The number of nitro benzene ring substituents is 2. The van der Waals surface area contributed by atoms with E-state index in [0.717, 1.165) is 12.9 Å². The van der Waals surface area contributed by atoms with E-state index in [0.29, 0.717) is 12.1 Å². The standard InChI is InChI=1S/C9H8N4O5.C6H2ClN3O3.C4H8O2.CH4.BClHN.ClH/c1-12(4-7(14)15)5-2-3-6(13(16)17)9-8(5)10-18-11-9;7-3-1-2-4(10(11)12)6-5(3)8-13-9-6;1-2-3-4(5)6;;2-1-3;/h2-3H,4H2,1H3,(H,14,15);1-2H;2-3H2,1H3,(H,5,6);1H4;3H;1H/i;;;;3D;. The molecule has 2 aromatic heterocycles. The number of rotatable bonds is 7. The van der Waals surface area contributed by atoms with E-state index in [-0.39, 0.29) is 64.8 Å². The number of likely N-dealkylation sites (N-methyl/N-ethyl adjacent to an activating group) is 1. The molecular weight excluding hydrogens is 629 g/mol. The summed E-state index contributed by atoms with van der Waals surface area (Å²) in [7, 11) is 1.53. The summed E-state index contributed by atoms with van der Waals surface area (Å²) in [6, 6.07) is 5.29. The van der Waals surface area contributed by atoms with Gasteiger partial charge < -0.3 is 15.1 Å². The van der Waals surface area contributed by atoms with Gasteiger partial charge in [0.05, 0.1) is 20.6 Å². The Bertz CT molecular complexity index is 1540. The summed E-state index contributed by atoms with van der Waals surface area (Å²) in [5.41, 5.74) is 0.426. The molecular formula is C20H24BCl3N8O10. The second-order valence-electron chi connectivity index (χ2n) is 7.10. The predicted octanol–water partition coefficient (Wildman–Crippen LogP) is 4.97. The molecule has 0 aliphatic rings. The van der Waals surface area contributed by atoms with Crippen LogP contribution in [0.4, 0.5) is 17.1 Å². The third-order valence-corrected chi connectivity index (χ3v) is 4.66. The zero-order chi connectivity index (χ0) is 31.1. The van der Waals surface area contributed by atoms with Crippen LogP contribution in [0.1, 0.15) is 27.2 Å². The molecule has 2 aromatic carbocycles. The number of nitro groups is 2. The average molecular weight is 655 g/mol. The molecule has 22 heteroatoms. The Hall–Kier alpha value is -4.49. The Balaban J connectivity index is 0. The number of non-ortho nitro benzene ring substituents is 2. The van der Waals surface area contributed by atoms with Crippen molar-refractivity contribution in [2.45, 2.75) is 27.2 Å². The number of carbonyl (C=O) groups is 2. The van der Waals surface area contributed by atoms with E-state index in [1.54, 1.807) is 0 Å². The number of benzene rings is 2. The maximum absolute atomic E-state index is 10.8. The molecule has 0 atom stereocenters. The van der Waals surface area contributed by atoms with Crippen molar-refractivity contribution in [2.75, 3.05) is 18.5 Å². The van der Waals surface area contributed by atoms with Crippen molar-refractivity contribution >= 4 is 93.0 Å². The molecule has 0 saturated carbocycles. The molecule has 0 amide bonds. The van der Waals surface area contributed by atoms with E-state index < -0.39 is 21.8 Å². The van der Waals surface area contributed by atoms with E-state index in [2.05, 4.69) is 35.2 Å². The number of carboxylic acid groups (broad SMARTS) is 2. The van der Waals surface area contributed by atoms with Crippen molar-refractivity contribution in [1.29, 1.82) is 5.31 Å². The van der Waals surface area contributed by atoms with Gasteiger partial charge in [-0.2, -0.15) is 0 Å². The Kier molecular flexibility index (Phi) is 17.5. The van der Waals surface area contributed by atoms with Gasteiger partial charge in [-0.15, -0.1) is 12.4 Å². The molecule has 4 rings (SSSR count). The van der Waals surface area contributed by atoms with Gasteiger partial charge in [0.15, 0.2) is 11.0 Å². The normalized spacial score (nSPS) is 9.67. The molecule has 0 bridgehead atoms. The Morgan fingerprint density at radius 3 is 1.86 bits per heavy atom. The molecule has 0 saturated heterocycles. The van der Waals surface area contributed by atoms with E-state index >= 15 is 0 Å². The summed E-state index contributed by atoms with van der Waals surface area (Å²) < 4.78 is 14.7. The minimum atomic E-state index is -1.03. The molecule has 0 aliphatic heterocycles. The van der Waals surface area contributed by atoms with Crippen LogP contribution in [0.2, 0.25) is 6.43 Å². The minimum absolute atomic E-state index is 0. The first-order chi connectivity index (χ1) is 19.4. The van der Waals surface area contributed by atoms with Crippen molar-refractivity contribution < 1.29 is 40.3 Å². The van der Waals surface area contributed by atoms with E-state index in [9.17, 15) is 29.8 Å². The fourth-order valence-electron chi connectivity index (χ4n) is 2.77. The zero-order valence-corrected chi connectivity index (χ0v) is 23.2. The molecule has 0 unspecified atom stereocenters. The first-order valence-electron chi connectivity index (χ1n) is 11.0. The quantitative estimate of drug-likeness (QED) is 0.135. The molecule has 0 radical (unpaired) electrons. The third kappa shape index (κ3) is 11.6. The van der Waals surface area contributed by atoms with Crippen LogP contribution in [-0.2, 0) is 9.59 Å². The molecule has 18 nitrogen and oxygen atoms in total. The number of carboxylic acids is 2. The first kappa shape index (κ1) is 37.5. The van der Waals surface area contributed by atoms with Crippen LogP contribution in [0.3, 0.4) is 0 Å². The van der Waals surface area contributed by atoms with Gasteiger partial charge in [-0.1, -0.05) is 26.0 Å². The molecule has 0 aliphatic carbocycles. The second kappa shape index (κ2) is 19.6. The number of halogens is 3. The van der Waals surface area contributed by atoms with Gasteiger partial charge in [-0.3, -0.25) is 29.8 Å². The van der Waals surface area contributed by atoms with E-state index in [4.69, 9.17) is 34.7 Å². The van der Waals surface area contributed by atoms with E-state index in [1.807, 2.05) is 6.92 Å². The van der Waals surface area contributed by atoms with Crippen molar-refractivity contribution in [3.8, 4) is 0 Å². The summed E-state index contributed by atoms with van der Waals surface area (Å²) in [6.45, 7) is 2.47. The Morgan fingerprint density at radius 2 is 1.45 bits per heavy atom. The average Bonchev–Trinajstić information content (AvgIpc) is 3.59. The van der Waals surface area contributed by atoms with Crippen LogP contribution in [0, 0.1) is 25.5 Å². The molecule has 3 N–H and O–H groups in total. The molecule has 42 heavy (non-hydrogen) atoms. The van der Waals surface area contributed by atoms with Crippen LogP contribution in [-0.4, -0.2) is 72.7 Å². The van der Waals surface area contributed by atoms with Crippen molar-refractivity contribution in [3.05, 3.63) is 49.5 Å². The van der Waals surface area contributed by atoms with Crippen molar-refractivity contribution in [2.24, 2.45) is 0 Å². The number of nitrogens with zero attached hydrogens (tertiary/aromatic N) is 7. The monoisotopic (exact) mass is 653 g/mol. The van der Waals surface area contributed by atoms with Gasteiger partial charge >= 0.3 is 48.0 Å². The van der Waals surface area contributed by atoms with Crippen LogP contribution >= 0.6 is 35.5 Å². The van der Waals surface area contributed by atoms with E-state index in [1.165, 1.54) is 36.2 Å². The molecule has 0 fully saturated rings. The van der Waals surface area contributed by atoms with Crippen LogP contribution in [0.5, 0.6) is 0 Å². The summed E-state index contributed by atoms with van der Waals surface area (Å²) in [5, 5.41) is 54.6. The number of hydrogen-bond donors (Lipinski definition) is 3. The zero-order valence-electron chi connectivity index (χ0n) is 21.9. The van der Waals surface area contributed by atoms with Gasteiger partial charge in [0.1, 0.15) is 6.54 Å². The number of fused-ring (bicyclic) bond motifs is 2. The Labute approximate surface area is 254 Å². The number of hydrogen-bond acceptors (Lipinski definition) is 14. The first-order valence-corrected chi connectivity index (χ1v) is 11.4. The number of aromatic nitrogens is 4. The summed E-state index contributed by atoms with van der Waals surface area (Å²) in [4.78, 5) is 41.7. The molecule has 0 spiro atoms. The Morgan fingerprint density at radius 1 is 1.00 bits per heavy atom. The second-order valence-corrected chi connectivity index (χ2v) is 7.70. The SMILES string of the molecule is C.CCCC(=O)O.CN(CC(=O)O)c1ccc([N+](=O)[O-])c2nonc12.Cl.O=[N+]([O-])c1ccc(Cl)c2nonc12.[2H]N=BCl. The number of aliphatic carboxylic acids is 2.